The maximum Gasteiger partial charge on any atom is 0.238 e. The van der Waals surface area contributed by atoms with Gasteiger partial charge in [0, 0.05) is 16.6 Å². The highest BCUT2D eigenvalue weighted by Crippen LogP contribution is 2.42. The molecule has 1 aromatic heterocycles. The number of benzene rings is 1. The van der Waals surface area contributed by atoms with Crippen LogP contribution in [0.5, 0.6) is 0 Å². The van der Waals surface area contributed by atoms with Gasteiger partial charge in [0.2, 0.25) is 5.95 Å². The van der Waals surface area contributed by atoms with E-state index in [2.05, 4.69) is 9.71 Å². The number of nitrogens with zero attached hydrogens (tertiary/aromatic N) is 3. The molecule has 9 heteroatoms. The Labute approximate surface area is 146 Å². The largest absolute Gasteiger partial charge is 0.268 e. The second-order valence-corrected chi connectivity index (χ2v) is 7.58. The molecule has 6 nitrogen and oxygen atoms in total. The van der Waals surface area contributed by atoms with Crippen molar-refractivity contribution in [2.24, 2.45) is 0 Å². The molecule has 0 spiro atoms. The van der Waals surface area contributed by atoms with Crippen molar-refractivity contribution in [3.8, 4) is 0 Å². The Morgan fingerprint density at radius 1 is 1.30 bits per heavy atom. The van der Waals surface area contributed by atoms with Gasteiger partial charge in [0.25, 0.3) is 0 Å². The number of fused-ring (bicyclic) bond motifs is 1. The number of rotatable bonds is 4. The Balaban J connectivity index is 2.08. The Morgan fingerprint density at radius 2 is 1.96 bits per heavy atom. The topological polar surface area (TPSA) is 59.4 Å². The standard InChI is InChI=1S/C14H16Cl2N4O2S/c1-4-18-23(21)12-8-17-13-19(12)14(2,3)22-20(13)11-6-9(15)5-10(16)7-11/h5-8,18H,4H2,1-3H3. The lowest BCUT2D eigenvalue weighted by Crippen LogP contribution is -2.29. The summed E-state index contributed by atoms with van der Waals surface area (Å²) < 4.78 is 17.0. The van der Waals surface area contributed by atoms with Gasteiger partial charge in [0.05, 0.1) is 11.9 Å². The summed E-state index contributed by atoms with van der Waals surface area (Å²) in [6, 6.07) is 5.11. The van der Waals surface area contributed by atoms with E-state index in [1.54, 1.807) is 34.0 Å². The normalized spacial score (nSPS) is 17.3. The Kier molecular flexibility index (Phi) is 4.41. The van der Waals surface area contributed by atoms with Crippen LogP contribution in [0.4, 0.5) is 11.6 Å². The number of imidazole rings is 1. The summed E-state index contributed by atoms with van der Waals surface area (Å²) in [5, 5.41) is 3.08. The Bertz CT molecular complexity index is 758. The Hall–Kier alpha value is -1.12. The molecule has 0 saturated heterocycles. The summed E-state index contributed by atoms with van der Waals surface area (Å²) in [6.45, 7) is 6.22. The predicted molar refractivity (Wildman–Crippen MR) is 91.3 cm³/mol. The van der Waals surface area contributed by atoms with Gasteiger partial charge in [0.15, 0.2) is 5.72 Å². The number of hydrogen-bond donors (Lipinski definition) is 1. The SMILES string of the molecule is CCNS(=O)c1cnc2n1C(C)(C)ON2c1cc(Cl)cc(Cl)c1. The first kappa shape index (κ1) is 16.7. The highest BCUT2D eigenvalue weighted by Gasteiger charge is 2.41. The molecule has 0 fully saturated rings. The summed E-state index contributed by atoms with van der Waals surface area (Å²) in [6.07, 6.45) is 1.58. The van der Waals surface area contributed by atoms with Crippen LogP contribution >= 0.6 is 23.2 Å². The molecule has 1 aliphatic heterocycles. The van der Waals surface area contributed by atoms with E-state index in [1.165, 1.54) is 0 Å². The fourth-order valence-electron chi connectivity index (χ4n) is 2.44. The third kappa shape index (κ3) is 2.99. The lowest BCUT2D eigenvalue weighted by atomic mass is 10.3. The molecule has 0 aliphatic carbocycles. The van der Waals surface area contributed by atoms with Crippen molar-refractivity contribution in [2.45, 2.75) is 31.5 Å². The zero-order valence-corrected chi connectivity index (χ0v) is 15.2. The minimum absolute atomic E-state index is 0.496. The van der Waals surface area contributed by atoms with Gasteiger partial charge in [-0.15, -0.1) is 0 Å². The number of hydrogen-bond acceptors (Lipinski definition) is 4. The average Bonchev–Trinajstić information content (AvgIpc) is 2.98. The maximum absolute atomic E-state index is 12.3. The van der Waals surface area contributed by atoms with E-state index in [0.29, 0.717) is 33.3 Å². The molecule has 0 radical (unpaired) electrons. The van der Waals surface area contributed by atoms with Crippen LogP contribution in [-0.4, -0.2) is 20.3 Å². The average molecular weight is 375 g/mol. The van der Waals surface area contributed by atoms with Crippen LogP contribution in [-0.2, 0) is 21.5 Å². The van der Waals surface area contributed by atoms with Gasteiger partial charge in [-0.2, -0.15) is 5.06 Å². The smallest absolute Gasteiger partial charge is 0.238 e. The van der Waals surface area contributed by atoms with Gasteiger partial charge < -0.3 is 0 Å². The van der Waals surface area contributed by atoms with Crippen molar-refractivity contribution in [1.82, 2.24) is 14.3 Å². The maximum atomic E-state index is 12.3. The molecule has 1 N–H and O–H groups in total. The van der Waals surface area contributed by atoms with Crippen LogP contribution in [0.3, 0.4) is 0 Å². The molecule has 0 saturated carbocycles. The molecule has 1 aromatic carbocycles. The minimum Gasteiger partial charge on any atom is -0.268 e. The molecule has 2 heterocycles. The van der Waals surface area contributed by atoms with E-state index in [-0.39, 0.29) is 0 Å². The second-order valence-electron chi connectivity index (χ2n) is 5.46. The summed E-state index contributed by atoms with van der Waals surface area (Å²) in [7, 11) is -1.37. The molecule has 2 aromatic rings. The van der Waals surface area contributed by atoms with Crippen LogP contribution < -0.4 is 9.79 Å². The summed E-state index contributed by atoms with van der Waals surface area (Å²) in [4.78, 5) is 10.3. The van der Waals surface area contributed by atoms with Crippen LogP contribution in [0.2, 0.25) is 10.0 Å². The second kappa shape index (κ2) is 6.07. The van der Waals surface area contributed by atoms with Crippen LogP contribution in [0.15, 0.2) is 29.4 Å². The molecule has 1 unspecified atom stereocenters. The molecule has 0 amide bonds. The number of anilines is 2. The quantitative estimate of drug-likeness (QED) is 0.887. The van der Waals surface area contributed by atoms with Crippen molar-refractivity contribution in [3.63, 3.8) is 0 Å². The fraction of sp³-hybridized carbons (Fsp3) is 0.357. The van der Waals surface area contributed by atoms with Crippen LogP contribution in [0, 0.1) is 0 Å². The molecule has 1 atom stereocenters. The minimum atomic E-state index is -1.37. The van der Waals surface area contributed by atoms with Gasteiger partial charge >= 0.3 is 0 Å². The predicted octanol–water partition coefficient (Wildman–Crippen LogP) is 3.60. The van der Waals surface area contributed by atoms with Crippen molar-refractivity contribution in [3.05, 3.63) is 34.4 Å². The van der Waals surface area contributed by atoms with E-state index in [4.69, 9.17) is 28.0 Å². The third-order valence-corrected chi connectivity index (χ3v) is 4.95. The summed E-state index contributed by atoms with van der Waals surface area (Å²) in [5.41, 5.74) is -0.0955. The first-order valence-corrected chi connectivity index (χ1v) is 8.93. The zero-order valence-electron chi connectivity index (χ0n) is 12.8. The molecule has 0 bridgehead atoms. The molecular weight excluding hydrogens is 359 g/mol. The lowest BCUT2D eigenvalue weighted by Gasteiger charge is -2.22. The van der Waals surface area contributed by atoms with E-state index in [9.17, 15) is 4.21 Å². The summed E-state index contributed by atoms with van der Waals surface area (Å²) >= 11 is 12.1. The van der Waals surface area contributed by atoms with Crippen molar-refractivity contribution in [2.75, 3.05) is 11.6 Å². The first-order valence-electron chi connectivity index (χ1n) is 7.02. The van der Waals surface area contributed by atoms with E-state index in [1.807, 2.05) is 20.8 Å². The van der Waals surface area contributed by atoms with Gasteiger partial charge in [-0.05, 0) is 32.0 Å². The van der Waals surface area contributed by atoms with Crippen molar-refractivity contribution < 1.29 is 9.05 Å². The molecule has 23 heavy (non-hydrogen) atoms. The first-order chi connectivity index (χ1) is 10.8. The number of nitrogens with one attached hydrogen (secondary N) is 1. The molecular formula is C14H16Cl2N4O2S. The van der Waals surface area contributed by atoms with Crippen LogP contribution in [0.25, 0.3) is 0 Å². The fourth-order valence-corrected chi connectivity index (χ4v) is 3.98. The van der Waals surface area contributed by atoms with Crippen molar-refractivity contribution in [1.29, 1.82) is 0 Å². The number of halogens is 2. The highest BCUT2D eigenvalue weighted by atomic mass is 35.5. The Morgan fingerprint density at radius 3 is 2.57 bits per heavy atom. The van der Waals surface area contributed by atoms with Gasteiger partial charge in [-0.25, -0.2) is 18.8 Å². The molecule has 124 valence electrons. The molecule has 3 rings (SSSR count). The van der Waals surface area contributed by atoms with Gasteiger partial charge in [0.1, 0.15) is 16.0 Å². The van der Waals surface area contributed by atoms with Crippen LogP contribution in [0.1, 0.15) is 20.8 Å². The van der Waals surface area contributed by atoms with E-state index in [0.717, 1.165) is 0 Å². The third-order valence-electron chi connectivity index (χ3n) is 3.29. The monoisotopic (exact) mass is 374 g/mol. The highest BCUT2D eigenvalue weighted by molar-refractivity contribution is 7.83. The molecule has 1 aliphatic rings. The van der Waals surface area contributed by atoms with E-state index < -0.39 is 16.7 Å². The number of aromatic nitrogens is 2. The lowest BCUT2D eigenvalue weighted by molar-refractivity contribution is -0.0496. The van der Waals surface area contributed by atoms with E-state index >= 15 is 0 Å². The van der Waals surface area contributed by atoms with Gasteiger partial charge in [-0.1, -0.05) is 30.1 Å². The van der Waals surface area contributed by atoms with Crippen molar-refractivity contribution >= 4 is 45.8 Å². The van der Waals surface area contributed by atoms with Gasteiger partial charge in [-0.3, -0.25) is 4.57 Å². The zero-order chi connectivity index (χ0) is 16.8. The summed E-state index contributed by atoms with van der Waals surface area (Å²) in [5.74, 6) is 0.523.